The summed E-state index contributed by atoms with van der Waals surface area (Å²) >= 11 is 0. The predicted molar refractivity (Wildman–Crippen MR) is 127 cm³/mol. The number of hydrogen-bond acceptors (Lipinski definition) is 5. The third-order valence-electron chi connectivity index (χ3n) is 5.90. The quantitative estimate of drug-likeness (QED) is 0.322. The molecule has 0 atom stereocenters. The van der Waals surface area contributed by atoms with Gasteiger partial charge in [-0.1, -0.05) is 30.7 Å². The smallest absolute Gasteiger partial charge is 1.00 e. The third kappa shape index (κ3) is 6.12. The maximum Gasteiger partial charge on any atom is 4.00 e. The Morgan fingerprint density at radius 3 is 2.38 bits per heavy atom. The third-order valence-corrected chi connectivity index (χ3v) is 5.90. The number of anilines is 1. The van der Waals surface area contributed by atoms with Gasteiger partial charge in [0.25, 0.3) is 5.91 Å². The number of hydrogen-bond donors (Lipinski definition) is 1. The minimum absolute atomic E-state index is 0. The Morgan fingerprint density at radius 1 is 0.912 bits per heavy atom. The summed E-state index contributed by atoms with van der Waals surface area (Å²) in [4.78, 5) is 24.3. The molecule has 1 fully saturated rings. The number of amides is 1. The van der Waals surface area contributed by atoms with Crippen LogP contribution in [-0.4, -0.2) is 47.0 Å². The Balaban J connectivity index is 0.00000162. The Bertz CT molecular complexity index is 1250. The van der Waals surface area contributed by atoms with Gasteiger partial charge < -0.3 is 22.5 Å². The van der Waals surface area contributed by atoms with Gasteiger partial charge >= 0.3 is 21.1 Å². The summed E-state index contributed by atoms with van der Waals surface area (Å²) in [6.07, 6.45) is 5.65. The van der Waals surface area contributed by atoms with Gasteiger partial charge in [-0.2, -0.15) is 0 Å². The summed E-state index contributed by atoms with van der Waals surface area (Å²) < 4.78 is 5.87. The van der Waals surface area contributed by atoms with E-state index >= 15 is 0 Å². The number of halogens is 1. The van der Waals surface area contributed by atoms with E-state index in [4.69, 9.17) is 4.74 Å². The van der Waals surface area contributed by atoms with Gasteiger partial charge in [-0.25, -0.2) is 4.98 Å². The van der Waals surface area contributed by atoms with Crippen molar-refractivity contribution in [3.63, 3.8) is 0 Å². The van der Waals surface area contributed by atoms with E-state index in [1.54, 1.807) is 12.3 Å². The molecule has 2 aromatic heterocycles. The molecule has 1 N–H and O–H groups in total. The Morgan fingerprint density at radius 2 is 1.62 bits per heavy atom. The van der Waals surface area contributed by atoms with Crippen molar-refractivity contribution in [2.75, 3.05) is 31.6 Å². The average molecular weight is 657 g/mol. The monoisotopic (exact) mass is 656 g/mol. The molecule has 0 saturated carbocycles. The fourth-order valence-electron chi connectivity index (χ4n) is 4.16. The summed E-state index contributed by atoms with van der Waals surface area (Å²) in [6.45, 7) is 3.97. The number of aromatic nitrogens is 2. The van der Waals surface area contributed by atoms with E-state index in [-0.39, 0.29) is 39.4 Å². The van der Waals surface area contributed by atoms with Crippen LogP contribution in [0.1, 0.15) is 29.8 Å². The molecule has 5 rings (SSSR count). The molecular formula is C26H26ClN4O2Pt+3. The van der Waals surface area contributed by atoms with Crippen LogP contribution < -0.4 is 22.5 Å². The van der Waals surface area contributed by atoms with Crippen molar-refractivity contribution in [1.29, 1.82) is 0 Å². The number of ether oxygens (including phenoxy) is 1. The molecule has 6 nitrogen and oxygen atoms in total. The molecule has 0 unspecified atom stereocenters. The SMILES string of the molecule is O=C(Nc1ccc(OCCN2CCCCC2)cc1)c1ccc2ccc3cccnc3c2n1.[Cl-].[Pt+4]. The molecule has 4 aromatic rings. The number of pyridine rings is 2. The molecule has 0 spiro atoms. The van der Waals surface area contributed by atoms with E-state index in [0.29, 0.717) is 18.0 Å². The number of carbonyl (C=O) groups excluding carboxylic acids is 1. The van der Waals surface area contributed by atoms with E-state index in [9.17, 15) is 4.79 Å². The van der Waals surface area contributed by atoms with E-state index in [1.165, 1.54) is 32.4 Å². The second-order valence-corrected chi connectivity index (χ2v) is 8.14. The van der Waals surface area contributed by atoms with Crippen molar-refractivity contribution < 1.29 is 43.0 Å². The zero-order valence-corrected chi connectivity index (χ0v) is 21.7. The van der Waals surface area contributed by atoms with Gasteiger partial charge in [0.05, 0.1) is 11.0 Å². The Hall–Kier alpha value is -2.53. The Labute approximate surface area is 219 Å². The van der Waals surface area contributed by atoms with Crippen molar-refractivity contribution in [3.8, 4) is 5.75 Å². The van der Waals surface area contributed by atoms with E-state index in [2.05, 4.69) is 20.2 Å². The van der Waals surface area contributed by atoms with Gasteiger partial charge in [-0.3, -0.25) is 14.7 Å². The summed E-state index contributed by atoms with van der Waals surface area (Å²) in [5.41, 5.74) is 2.59. The van der Waals surface area contributed by atoms with Crippen LogP contribution in [0.5, 0.6) is 5.75 Å². The molecule has 1 amide bonds. The fraction of sp³-hybridized carbons (Fsp3) is 0.269. The Kier molecular flexibility index (Phi) is 9.40. The van der Waals surface area contributed by atoms with Crippen LogP contribution in [0.15, 0.2) is 66.9 Å². The first-order valence-corrected chi connectivity index (χ1v) is 11.2. The molecule has 0 radical (unpaired) electrons. The van der Waals surface area contributed by atoms with Gasteiger partial charge in [0.1, 0.15) is 18.1 Å². The van der Waals surface area contributed by atoms with Crippen LogP contribution in [-0.2, 0) is 21.1 Å². The van der Waals surface area contributed by atoms with Crippen LogP contribution in [0.3, 0.4) is 0 Å². The number of carbonyl (C=O) groups is 1. The first-order chi connectivity index (χ1) is 15.8. The molecule has 1 aliphatic rings. The van der Waals surface area contributed by atoms with Crippen LogP contribution in [0.4, 0.5) is 5.69 Å². The molecule has 3 heterocycles. The maximum atomic E-state index is 12.8. The number of fused-ring (bicyclic) bond motifs is 3. The number of likely N-dealkylation sites (tertiary alicyclic amines) is 1. The molecule has 8 heteroatoms. The van der Waals surface area contributed by atoms with Gasteiger partial charge in [0, 0.05) is 29.2 Å². The topological polar surface area (TPSA) is 67.3 Å². The predicted octanol–water partition coefficient (Wildman–Crippen LogP) is 1.90. The van der Waals surface area contributed by atoms with Crippen LogP contribution >= 0.6 is 0 Å². The summed E-state index contributed by atoms with van der Waals surface area (Å²) in [5, 5.41) is 4.88. The maximum absolute atomic E-state index is 12.8. The molecule has 0 aliphatic carbocycles. The van der Waals surface area contributed by atoms with Crippen LogP contribution in [0.25, 0.3) is 21.8 Å². The van der Waals surface area contributed by atoms with Crippen LogP contribution in [0.2, 0.25) is 0 Å². The number of piperidine rings is 1. The van der Waals surface area contributed by atoms with Gasteiger partial charge in [0.15, 0.2) is 0 Å². The van der Waals surface area contributed by atoms with Gasteiger partial charge in [-0.05, 0) is 62.3 Å². The number of benzene rings is 2. The average Bonchev–Trinajstić information content (AvgIpc) is 2.85. The number of nitrogens with zero attached hydrogens (tertiary/aromatic N) is 3. The zero-order chi connectivity index (χ0) is 21.8. The van der Waals surface area contributed by atoms with Crippen molar-refractivity contribution in [2.24, 2.45) is 0 Å². The summed E-state index contributed by atoms with van der Waals surface area (Å²) in [5.74, 6) is 0.556. The standard InChI is InChI=1S/C26H26N4O2.ClH.Pt/c31-26(23-13-8-20-7-6-19-5-4-14-27-24(19)25(20)29-23)28-21-9-11-22(12-10-21)32-18-17-30-15-2-1-3-16-30;;/h4-14H,1-3,15-18H2,(H,28,31);1H;/q;;+4/p-1. The summed E-state index contributed by atoms with van der Waals surface area (Å²) in [7, 11) is 0. The minimum Gasteiger partial charge on any atom is -1.00 e. The second kappa shape index (κ2) is 12.3. The molecule has 1 aliphatic heterocycles. The molecule has 34 heavy (non-hydrogen) atoms. The van der Waals surface area contributed by atoms with E-state index < -0.39 is 0 Å². The molecular weight excluding hydrogens is 631 g/mol. The van der Waals surface area contributed by atoms with Crippen molar-refractivity contribution in [2.45, 2.75) is 19.3 Å². The normalized spacial score (nSPS) is 13.6. The number of rotatable bonds is 6. The van der Waals surface area contributed by atoms with Gasteiger partial charge in [0.2, 0.25) is 0 Å². The van der Waals surface area contributed by atoms with Crippen molar-refractivity contribution in [1.82, 2.24) is 14.9 Å². The largest absolute Gasteiger partial charge is 4.00 e. The first-order valence-electron chi connectivity index (χ1n) is 11.2. The van der Waals surface area contributed by atoms with Gasteiger partial charge in [-0.15, -0.1) is 0 Å². The molecule has 2 aromatic carbocycles. The van der Waals surface area contributed by atoms with E-state index in [1.807, 2.05) is 54.6 Å². The van der Waals surface area contributed by atoms with Crippen molar-refractivity contribution in [3.05, 3.63) is 72.6 Å². The minimum atomic E-state index is -0.251. The fourth-order valence-corrected chi connectivity index (χ4v) is 4.16. The molecule has 1 saturated heterocycles. The second-order valence-electron chi connectivity index (χ2n) is 8.14. The van der Waals surface area contributed by atoms with Crippen molar-refractivity contribution >= 4 is 33.4 Å². The first kappa shape index (κ1) is 26.1. The summed E-state index contributed by atoms with van der Waals surface area (Å²) in [6, 6.07) is 19.0. The molecule has 176 valence electrons. The number of nitrogens with one attached hydrogen (secondary N) is 1. The van der Waals surface area contributed by atoms with E-state index in [0.717, 1.165) is 34.1 Å². The van der Waals surface area contributed by atoms with Crippen LogP contribution in [0, 0.1) is 0 Å². The zero-order valence-electron chi connectivity index (χ0n) is 18.7. The molecule has 0 bridgehead atoms.